The third-order valence-corrected chi connectivity index (χ3v) is 5.34. The molecule has 9 heteroatoms. The number of rotatable bonds is 6. The number of hydrogen-bond donors (Lipinski definition) is 0. The van der Waals surface area contributed by atoms with Gasteiger partial charge in [-0.2, -0.15) is 20.3 Å². The molecule has 0 fully saturated rings. The van der Waals surface area contributed by atoms with Crippen LogP contribution in [0.2, 0.25) is 0 Å². The zero-order chi connectivity index (χ0) is 21.1. The Labute approximate surface area is 177 Å². The van der Waals surface area contributed by atoms with Gasteiger partial charge in [0.05, 0.1) is 25.6 Å². The molecule has 0 aliphatic carbocycles. The molecule has 0 unspecified atom stereocenters. The van der Waals surface area contributed by atoms with Crippen molar-refractivity contribution in [2.75, 3.05) is 19.2 Å². The van der Waals surface area contributed by atoms with Crippen LogP contribution >= 0.6 is 11.3 Å². The fraction of sp³-hybridized carbons (Fsp3) is 0.190. The fourth-order valence-corrected chi connectivity index (χ4v) is 3.70. The molecule has 1 aromatic heterocycles. The maximum atomic E-state index is 12.9. The largest absolute Gasteiger partial charge is 0.497 e. The van der Waals surface area contributed by atoms with Crippen LogP contribution in [0.3, 0.4) is 0 Å². The summed E-state index contributed by atoms with van der Waals surface area (Å²) in [5.41, 5.74) is 2.80. The predicted molar refractivity (Wildman–Crippen MR) is 116 cm³/mol. The summed E-state index contributed by atoms with van der Waals surface area (Å²) in [7, 11) is 3.18. The number of carbonyl (C=O) groups excluding carboxylic acids is 1. The van der Waals surface area contributed by atoms with Crippen molar-refractivity contribution in [1.29, 1.82) is 0 Å². The average Bonchev–Trinajstić information content (AvgIpc) is 3.37. The number of nitrogens with zero attached hydrogens (tertiary/aromatic N) is 5. The minimum atomic E-state index is -0.789. The molecular weight excluding hydrogens is 402 g/mol. The Hall–Kier alpha value is -3.59. The number of para-hydroxylation sites is 1. The van der Waals surface area contributed by atoms with Crippen molar-refractivity contribution in [3.05, 3.63) is 53.9 Å². The zero-order valence-electron chi connectivity index (χ0n) is 16.6. The summed E-state index contributed by atoms with van der Waals surface area (Å²) in [6, 6.07) is 14.0. The van der Waals surface area contributed by atoms with E-state index in [-0.39, 0.29) is 5.91 Å². The van der Waals surface area contributed by atoms with Gasteiger partial charge in [-0.3, -0.25) is 4.79 Å². The van der Waals surface area contributed by atoms with Gasteiger partial charge in [0.2, 0.25) is 5.13 Å². The lowest BCUT2D eigenvalue weighted by molar-refractivity contribution is -0.117. The van der Waals surface area contributed by atoms with E-state index < -0.39 is 6.04 Å². The number of amides is 1. The van der Waals surface area contributed by atoms with Crippen molar-refractivity contribution in [2.45, 2.75) is 13.0 Å². The first-order valence-electron chi connectivity index (χ1n) is 9.13. The van der Waals surface area contributed by atoms with Gasteiger partial charge in [-0.25, -0.2) is 4.98 Å². The molecule has 3 aromatic rings. The molecule has 1 aliphatic rings. The Morgan fingerprint density at radius 3 is 2.57 bits per heavy atom. The molecule has 8 nitrogen and oxygen atoms in total. The number of benzene rings is 2. The highest BCUT2D eigenvalue weighted by atomic mass is 32.1. The Balaban J connectivity index is 1.53. The second-order valence-corrected chi connectivity index (χ2v) is 7.26. The number of azo groups is 1. The van der Waals surface area contributed by atoms with E-state index in [1.165, 1.54) is 16.3 Å². The summed E-state index contributed by atoms with van der Waals surface area (Å²) < 4.78 is 10.5. The summed E-state index contributed by atoms with van der Waals surface area (Å²) in [6.45, 7) is 1.75. The van der Waals surface area contributed by atoms with Crippen molar-refractivity contribution in [2.24, 2.45) is 15.3 Å². The smallest absolute Gasteiger partial charge is 0.282 e. The van der Waals surface area contributed by atoms with Gasteiger partial charge in [-0.15, -0.1) is 11.3 Å². The van der Waals surface area contributed by atoms with Gasteiger partial charge in [-0.05, 0) is 43.3 Å². The molecule has 0 N–H and O–H groups in total. The van der Waals surface area contributed by atoms with Crippen molar-refractivity contribution in [3.8, 4) is 22.8 Å². The van der Waals surface area contributed by atoms with E-state index in [1.807, 2.05) is 41.8 Å². The van der Waals surface area contributed by atoms with E-state index in [1.54, 1.807) is 33.3 Å². The van der Waals surface area contributed by atoms with Gasteiger partial charge in [0, 0.05) is 10.9 Å². The van der Waals surface area contributed by atoms with Crippen LogP contribution in [0.15, 0.2) is 69.2 Å². The standard InChI is InChI=1S/C21H19N5O3S/c1-13-19(24-23-16-6-4-5-7-18(16)29-3)20(27)26(25-13)21-22-17(12-30-21)14-8-10-15(28-2)11-9-14/h4-12,19H,1-3H3/t19-/m1/s1. The lowest BCUT2D eigenvalue weighted by Crippen LogP contribution is -2.29. The number of anilines is 1. The Kier molecular flexibility index (Phi) is 5.53. The molecule has 1 atom stereocenters. The van der Waals surface area contributed by atoms with Crippen LogP contribution in [0, 0.1) is 0 Å². The van der Waals surface area contributed by atoms with Crippen LogP contribution in [-0.2, 0) is 4.79 Å². The molecule has 0 saturated heterocycles. The lowest BCUT2D eigenvalue weighted by atomic mass is 10.2. The summed E-state index contributed by atoms with van der Waals surface area (Å²) >= 11 is 1.34. The van der Waals surface area contributed by atoms with E-state index in [0.29, 0.717) is 22.3 Å². The molecule has 4 rings (SSSR count). The number of aromatic nitrogens is 1. The van der Waals surface area contributed by atoms with Crippen LogP contribution in [0.5, 0.6) is 11.5 Å². The van der Waals surface area contributed by atoms with Gasteiger partial charge in [-0.1, -0.05) is 12.1 Å². The van der Waals surface area contributed by atoms with Gasteiger partial charge in [0.15, 0.2) is 6.04 Å². The van der Waals surface area contributed by atoms with Crippen molar-refractivity contribution >= 4 is 33.8 Å². The Bertz CT molecular complexity index is 1120. The SMILES string of the molecule is COc1ccc(-c2csc(N3N=C(C)[C@@H](N=Nc4ccccc4OC)C3=O)n2)cc1. The maximum Gasteiger partial charge on any atom is 0.282 e. The molecule has 0 radical (unpaired) electrons. The van der Waals surface area contributed by atoms with E-state index in [0.717, 1.165) is 17.0 Å². The first-order valence-corrected chi connectivity index (χ1v) is 10.0. The third-order valence-electron chi connectivity index (χ3n) is 4.52. The Morgan fingerprint density at radius 2 is 1.83 bits per heavy atom. The highest BCUT2D eigenvalue weighted by molar-refractivity contribution is 7.14. The van der Waals surface area contributed by atoms with Gasteiger partial charge < -0.3 is 9.47 Å². The molecule has 2 heterocycles. The van der Waals surface area contributed by atoms with Crippen LogP contribution in [0.1, 0.15) is 6.92 Å². The number of hydrazone groups is 1. The monoisotopic (exact) mass is 421 g/mol. The number of carbonyl (C=O) groups is 1. The van der Waals surface area contributed by atoms with E-state index in [4.69, 9.17) is 9.47 Å². The molecule has 0 saturated carbocycles. The summed E-state index contributed by atoms with van der Waals surface area (Å²) in [5.74, 6) is 1.07. The lowest BCUT2D eigenvalue weighted by Gasteiger charge is -2.08. The highest BCUT2D eigenvalue weighted by Crippen LogP contribution is 2.32. The summed E-state index contributed by atoms with van der Waals surface area (Å²) in [6.07, 6.45) is 0. The molecular formula is C21H19N5O3S. The fourth-order valence-electron chi connectivity index (χ4n) is 2.91. The minimum absolute atomic E-state index is 0.290. The summed E-state index contributed by atoms with van der Waals surface area (Å²) in [4.78, 5) is 17.5. The first kappa shape index (κ1) is 19.7. The molecule has 1 aliphatic heterocycles. The van der Waals surface area contributed by atoms with Gasteiger partial charge >= 0.3 is 0 Å². The first-order chi connectivity index (χ1) is 14.6. The third kappa shape index (κ3) is 3.79. The van der Waals surface area contributed by atoms with Gasteiger partial charge in [0.1, 0.15) is 17.2 Å². The molecule has 0 spiro atoms. The number of hydrogen-bond acceptors (Lipinski definition) is 8. The normalized spacial score (nSPS) is 16.2. The second kappa shape index (κ2) is 8.42. The van der Waals surface area contributed by atoms with E-state index in [9.17, 15) is 4.79 Å². The van der Waals surface area contributed by atoms with Gasteiger partial charge in [0.25, 0.3) is 5.91 Å². The highest BCUT2D eigenvalue weighted by Gasteiger charge is 2.36. The quantitative estimate of drug-likeness (QED) is 0.540. The van der Waals surface area contributed by atoms with E-state index in [2.05, 4.69) is 20.3 Å². The van der Waals surface area contributed by atoms with Crippen LogP contribution in [0.4, 0.5) is 10.8 Å². The molecule has 0 bridgehead atoms. The Morgan fingerprint density at radius 1 is 1.07 bits per heavy atom. The maximum absolute atomic E-state index is 12.9. The second-order valence-electron chi connectivity index (χ2n) is 6.43. The molecule has 152 valence electrons. The van der Waals surface area contributed by atoms with Crippen molar-refractivity contribution in [3.63, 3.8) is 0 Å². The number of ether oxygens (including phenoxy) is 2. The van der Waals surface area contributed by atoms with Crippen LogP contribution in [0.25, 0.3) is 11.3 Å². The molecule has 2 aromatic carbocycles. The molecule has 1 amide bonds. The number of methoxy groups -OCH3 is 2. The topological polar surface area (TPSA) is 88.7 Å². The molecule has 30 heavy (non-hydrogen) atoms. The van der Waals surface area contributed by atoms with Crippen LogP contribution in [-0.4, -0.2) is 36.9 Å². The average molecular weight is 421 g/mol. The number of thiazole rings is 1. The van der Waals surface area contributed by atoms with E-state index >= 15 is 0 Å². The van der Waals surface area contributed by atoms with Crippen LogP contribution < -0.4 is 14.5 Å². The zero-order valence-corrected chi connectivity index (χ0v) is 17.5. The van der Waals surface area contributed by atoms with Crippen molar-refractivity contribution in [1.82, 2.24) is 4.98 Å². The minimum Gasteiger partial charge on any atom is -0.497 e. The van der Waals surface area contributed by atoms with Crippen molar-refractivity contribution < 1.29 is 14.3 Å². The predicted octanol–water partition coefficient (Wildman–Crippen LogP) is 4.70. The summed E-state index contributed by atoms with van der Waals surface area (Å²) in [5, 5.41) is 16.4.